The first kappa shape index (κ1) is 14.1. The second-order valence-corrected chi connectivity index (χ2v) is 5.93. The molecule has 0 radical (unpaired) electrons. The van der Waals surface area contributed by atoms with Crippen molar-refractivity contribution in [2.45, 2.75) is 46.7 Å². The fraction of sp³-hybridized carbons (Fsp3) is 0.667. The lowest BCUT2D eigenvalue weighted by molar-refractivity contribution is 0.305. The third-order valence-electron chi connectivity index (χ3n) is 3.72. The molecule has 4 nitrogen and oxygen atoms in total. The van der Waals surface area contributed by atoms with Crippen LogP contribution in [-0.2, 0) is 13.1 Å². The monoisotopic (exact) mass is 264 g/mol. The van der Waals surface area contributed by atoms with Gasteiger partial charge in [-0.25, -0.2) is 0 Å². The Kier molecular flexibility index (Phi) is 4.30. The zero-order valence-corrected chi connectivity index (χ0v) is 12.1. The first-order valence-corrected chi connectivity index (χ1v) is 7.13. The lowest BCUT2D eigenvalue weighted by atomic mass is 10.1. The highest BCUT2D eigenvalue weighted by molar-refractivity contribution is 5.30. The smallest absolute Gasteiger partial charge is 0.223 e. The van der Waals surface area contributed by atoms with E-state index in [2.05, 4.69) is 23.3 Å². The minimum absolute atomic E-state index is 0.0712. The summed E-state index contributed by atoms with van der Waals surface area (Å²) in [5, 5.41) is 10.1. The molecule has 19 heavy (non-hydrogen) atoms. The molecule has 1 saturated heterocycles. The third-order valence-corrected chi connectivity index (χ3v) is 3.72. The van der Waals surface area contributed by atoms with Crippen LogP contribution in [0.3, 0.4) is 0 Å². The van der Waals surface area contributed by atoms with Crippen LogP contribution in [0.4, 0.5) is 0 Å². The van der Waals surface area contributed by atoms with Gasteiger partial charge in [0.25, 0.3) is 0 Å². The summed E-state index contributed by atoms with van der Waals surface area (Å²) in [5.41, 5.74) is 1.46. The fourth-order valence-electron chi connectivity index (χ4n) is 2.75. The van der Waals surface area contributed by atoms with Crippen molar-refractivity contribution in [2.24, 2.45) is 5.92 Å². The van der Waals surface area contributed by atoms with Crippen molar-refractivity contribution in [3.63, 3.8) is 0 Å². The van der Waals surface area contributed by atoms with Crippen molar-refractivity contribution < 1.29 is 5.11 Å². The molecule has 0 amide bonds. The van der Waals surface area contributed by atoms with Crippen LogP contribution in [0.1, 0.15) is 38.1 Å². The van der Waals surface area contributed by atoms with E-state index in [0.717, 1.165) is 31.0 Å². The maximum atomic E-state index is 11.8. The van der Waals surface area contributed by atoms with Crippen molar-refractivity contribution >= 4 is 0 Å². The van der Waals surface area contributed by atoms with Gasteiger partial charge < -0.3 is 9.67 Å². The highest BCUT2D eigenvalue weighted by atomic mass is 16.3. The average Bonchev–Trinajstić information content (AvgIpc) is 2.83. The Balaban J connectivity index is 2.38. The summed E-state index contributed by atoms with van der Waals surface area (Å²) in [4.78, 5) is 14.1. The van der Waals surface area contributed by atoms with Crippen LogP contribution in [-0.4, -0.2) is 27.7 Å². The number of nitrogens with zero attached hydrogens (tertiary/aromatic N) is 2. The van der Waals surface area contributed by atoms with Crippen LogP contribution in [0.15, 0.2) is 10.9 Å². The molecule has 0 aromatic carbocycles. The molecule has 0 unspecified atom stereocenters. The molecule has 1 aliphatic rings. The summed E-state index contributed by atoms with van der Waals surface area (Å²) < 4.78 is 2.10. The van der Waals surface area contributed by atoms with Gasteiger partial charge in [-0.15, -0.1) is 0 Å². The Bertz CT molecular complexity index is 500. The molecule has 0 spiro atoms. The van der Waals surface area contributed by atoms with Gasteiger partial charge in [-0.1, -0.05) is 13.8 Å². The van der Waals surface area contributed by atoms with Gasteiger partial charge in [0.15, 0.2) is 5.75 Å². The predicted molar refractivity (Wildman–Crippen MR) is 76.5 cm³/mol. The van der Waals surface area contributed by atoms with E-state index in [1.165, 1.54) is 18.9 Å². The van der Waals surface area contributed by atoms with Gasteiger partial charge in [0.1, 0.15) is 0 Å². The summed E-state index contributed by atoms with van der Waals surface area (Å²) >= 11 is 0. The molecule has 2 rings (SSSR count). The molecular weight excluding hydrogens is 240 g/mol. The summed E-state index contributed by atoms with van der Waals surface area (Å²) in [7, 11) is 0. The molecule has 4 heteroatoms. The van der Waals surface area contributed by atoms with E-state index in [9.17, 15) is 9.90 Å². The second-order valence-electron chi connectivity index (χ2n) is 5.93. The Morgan fingerprint density at radius 3 is 2.53 bits per heavy atom. The summed E-state index contributed by atoms with van der Waals surface area (Å²) in [5.74, 6) is 0.413. The molecule has 106 valence electrons. The van der Waals surface area contributed by atoms with Gasteiger partial charge in [-0.3, -0.25) is 9.69 Å². The van der Waals surface area contributed by atoms with E-state index in [4.69, 9.17) is 0 Å². The van der Waals surface area contributed by atoms with Gasteiger partial charge in [0.05, 0.1) is 5.69 Å². The molecule has 1 N–H and O–H groups in total. The molecule has 1 fully saturated rings. The highest BCUT2D eigenvalue weighted by Gasteiger charge is 2.19. The summed E-state index contributed by atoms with van der Waals surface area (Å²) in [6.45, 7) is 9.87. The topological polar surface area (TPSA) is 45.5 Å². The number of rotatable bonds is 4. The number of hydrogen-bond donors (Lipinski definition) is 1. The maximum Gasteiger partial charge on any atom is 0.223 e. The zero-order chi connectivity index (χ0) is 14.0. The van der Waals surface area contributed by atoms with E-state index >= 15 is 0 Å². The second kappa shape index (κ2) is 5.78. The quantitative estimate of drug-likeness (QED) is 0.906. The van der Waals surface area contributed by atoms with Gasteiger partial charge >= 0.3 is 0 Å². The highest BCUT2D eigenvalue weighted by Crippen LogP contribution is 2.20. The SMILES string of the molecule is Cc1cc(=O)c(O)c(CN2CCCC2)n1CC(C)C. The molecular formula is C15H24N2O2. The average molecular weight is 264 g/mol. The number of pyridine rings is 1. The van der Waals surface area contributed by atoms with E-state index in [1.807, 2.05) is 6.92 Å². The molecule has 1 aromatic heterocycles. The molecule has 0 bridgehead atoms. The molecule has 0 saturated carbocycles. The van der Waals surface area contributed by atoms with Crippen LogP contribution in [0.2, 0.25) is 0 Å². The van der Waals surface area contributed by atoms with Crippen molar-refractivity contribution in [3.8, 4) is 5.75 Å². The number of aryl methyl sites for hydroxylation is 1. The van der Waals surface area contributed by atoms with Crippen LogP contribution in [0, 0.1) is 12.8 Å². The third kappa shape index (κ3) is 3.18. The number of aromatic hydroxyl groups is 1. The van der Waals surface area contributed by atoms with Crippen LogP contribution >= 0.6 is 0 Å². The van der Waals surface area contributed by atoms with Crippen molar-refractivity contribution in [3.05, 3.63) is 27.7 Å². The Morgan fingerprint density at radius 2 is 1.95 bits per heavy atom. The largest absolute Gasteiger partial charge is 0.503 e. The van der Waals surface area contributed by atoms with Crippen LogP contribution < -0.4 is 5.43 Å². The van der Waals surface area contributed by atoms with E-state index in [1.54, 1.807) is 0 Å². The Morgan fingerprint density at radius 1 is 1.32 bits per heavy atom. The van der Waals surface area contributed by atoms with Gasteiger partial charge in [-0.05, 0) is 38.8 Å². The predicted octanol–water partition coefficient (Wildman–Crippen LogP) is 2.11. The lowest BCUT2D eigenvalue weighted by Crippen LogP contribution is -2.25. The van der Waals surface area contributed by atoms with Crippen molar-refractivity contribution in [1.82, 2.24) is 9.47 Å². The van der Waals surface area contributed by atoms with Gasteiger partial charge in [0, 0.05) is 24.8 Å². The first-order valence-electron chi connectivity index (χ1n) is 7.13. The minimum Gasteiger partial charge on any atom is -0.503 e. The summed E-state index contributed by atoms with van der Waals surface area (Å²) in [6.07, 6.45) is 2.42. The molecule has 1 aromatic rings. The molecule has 1 aliphatic heterocycles. The van der Waals surface area contributed by atoms with E-state index in [-0.39, 0.29) is 11.2 Å². The molecule has 2 heterocycles. The normalized spacial score (nSPS) is 16.4. The lowest BCUT2D eigenvalue weighted by Gasteiger charge is -2.23. The number of aromatic nitrogens is 1. The first-order chi connectivity index (χ1) is 8.99. The number of likely N-dealkylation sites (tertiary alicyclic amines) is 1. The standard InChI is InChI=1S/C15H24N2O2/c1-11(2)9-17-12(3)8-14(18)15(19)13(17)10-16-6-4-5-7-16/h8,11,19H,4-7,9-10H2,1-3H3. The maximum absolute atomic E-state index is 11.8. The van der Waals surface area contributed by atoms with Crippen LogP contribution in [0.5, 0.6) is 5.75 Å². The Hall–Kier alpha value is -1.29. The fourth-order valence-corrected chi connectivity index (χ4v) is 2.75. The summed E-state index contributed by atoms with van der Waals surface area (Å²) in [6, 6.07) is 1.53. The minimum atomic E-state index is -0.258. The zero-order valence-electron chi connectivity index (χ0n) is 12.1. The van der Waals surface area contributed by atoms with E-state index in [0.29, 0.717) is 12.5 Å². The van der Waals surface area contributed by atoms with Gasteiger partial charge in [-0.2, -0.15) is 0 Å². The van der Waals surface area contributed by atoms with Crippen molar-refractivity contribution in [2.75, 3.05) is 13.1 Å². The van der Waals surface area contributed by atoms with Crippen LogP contribution in [0.25, 0.3) is 0 Å². The van der Waals surface area contributed by atoms with Gasteiger partial charge in [0.2, 0.25) is 5.43 Å². The molecule has 0 atom stereocenters. The Labute approximate surface area is 114 Å². The number of hydrogen-bond acceptors (Lipinski definition) is 3. The molecule has 0 aliphatic carbocycles. The van der Waals surface area contributed by atoms with E-state index < -0.39 is 0 Å². The van der Waals surface area contributed by atoms with Crippen molar-refractivity contribution in [1.29, 1.82) is 0 Å².